The summed E-state index contributed by atoms with van der Waals surface area (Å²) in [6, 6.07) is 0. The van der Waals surface area contributed by atoms with Gasteiger partial charge in [-0.1, -0.05) is 33.1 Å². The van der Waals surface area contributed by atoms with E-state index in [1.807, 2.05) is 0 Å². The third kappa shape index (κ3) is 5.39. The first kappa shape index (κ1) is 15.0. The van der Waals surface area contributed by atoms with Gasteiger partial charge in [0.05, 0.1) is 0 Å². The number of hydrogen-bond donors (Lipinski definition) is 0. The molecule has 2 saturated heterocycles. The van der Waals surface area contributed by atoms with E-state index >= 15 is 0 Å². The molecule has 0 amide bonds. The lowest BCUT2D eigenvalue weighted by Crippen LogP contribution is -2.44. The molecule has 2 heterocycles. The van der Waals surface area contributed by atoms with Gasteiger partial charge in [-0.25, -0.2) is 0 Å². The molecule has 0 atom stereocenters. The first-order valence-electron chi connectivity index (χ1n) is 7.49. The molecule has 0 aromatic heterocycles. The van der Waals surface area contributed by atoms with Crippen LogP contribution >= 0.6 is 0 Å². The van der Waals surface area contributed by atoms with Crippen LogP contribution in [-0.2, 0) is 4.74 Å². The number of rotatable bonds is 2. The molecule has 2 aliphatic rings. The van der Waals surface area contributed by atoms with E-state index in [2.05, 4.69) is 25.8 Å². The zero-order valence-corrected chi connectivity index (χ0v) is 12.1. The molecule has 2 fully saturated rings. The Morgan fingerprint density at radius 3 is 2.18 bits per heavy atom. The van der Waals surface area contributed by atoms with Gasteiger partial charge in [0.15, 0.2) is 0 Å². The molecule has 2 heteroatoms. The van der Waals surface area contributed by atoms with E-state index in [0.29, 0.717) is 5.41 Å². The Bertz CT molecular complexity index is 180. The Kier molecular flexibility index (Phi) is 7.14. The first-order valence-corrected chi connectivity index (χ1v) is 7.49. The Labute approximate surface area is 108 Å². The predicted octanol–water partition coefficient (Wildman–Crippen LogP) is 3.71. The molecular weight excluding hydrogens is 210 g/mol. The number of hydrogen-bond acceptors (Lipinski definition) is 2. The minimum atomic E-state index is 0.630. The van der Waals surface area contributed by atoms with Crippen LogP contribution in [0.3, 0.4) is 0 Å². The zero-order valence-electron chi connectivity index (χ0n) is 12.1. The van der Waals surface area contributed by atoms with E-state index in [1.54, 1.807) is 0 Å². The summed E-state index contributed by atoms with van der Waals surface area (Å²) in [6.45, 7) is 9.01. The lowest BCUT2D eigenvalue weighted by molar-refractivity contribution is -0.0217. The molecular formula is C15H31NO. The molecule has 2 nitrogen and oxygen atoms in total. The molecule has 102 valence electrons. The SMILES string of the molecule is CCCCC.CN1CCCC2(CCOCC2)C1. The third-order valence-corrected chi connectivity index (χ3v) is 4.11. The highest BCUT2D eigenvalue weighted by atomic mass is 16.5. The normalized spacial score (nSPS) is 24.2. The van der Waals surface area contributed by atoms with Gasteiger partial charge in [-0.2, -0.15) is 0 Å². The number of ether oxygens (including phenoxy) is 1. The van der Waals surface area contributed by atoms with E-state index < -0.39 is 0 Å². The highest BCUT2D eigenvalue weighted by Crippen LogP contribution is 2.38. The summed E-state index contributed by atoms with van der Waals surface area (Å²) in [5.74, 6) is 0. The van der Waals surface area contributed by atoms with Crippen molar-refractivity contribution in [3.8, 4) is 0 Å². The smallest absolute Gasteiger partial charge is 0.0471 e. The fraction of sp³-hybridized carbons (Fsp3) is 1.00. The summed E-state index contributed by atoms with van der Waals surface area (Å²) in [5, 5.41) is 0. The molecule has 0 saturated carbocycles. The number of unbranched alkanes of at least 4 members (excludes halogenated alkanes) is 2. The van der Waals surface area contributed by atoms with Crippen molar-refractivity contribution in [3.63, 3.8) is 0 Å². The largest absolute Gasteiger partial charge is 0.381 e. The Morgan fingerprint density at radius 2 is 1.71 bits per heavy atom. The lowest BCUT2D eigenvalue weighted by atomic mass is 9.74. The molecule has 2 aliphatic heterocycles. The molecule has 0 N–H and O–H groups in total. The summed E-state index contributed by atoms with van der Waals surface area (Å²) < 4.78 is 5.41. The highest BCUT2D eigenvalue weighted by molar-refractivity contribution is 4.87. The lowest BCUT2D eigenvalue weighted by Gasteiger charge is -2.43. The molecule has 0 unspecified atom stereocenters. The van der Waals surface area contributed by atoms with Crippen LogP contribution in [0.2, 0.25) is 0 Å². The Morgan fingerprint density at radius 1 is 1.06 bits per heavy atom. The van der Waals surface area contributed by atoms with Gasteiger partial charge >= 0.3 is 0 Å². The molecule has 2 rings (SSSR count). The van der Waals surface area contributed by atoms with Crippen molar-refractivity contribution in [1.82, 2.24) is 4.90 Å². The van der Waals surface area contributed by atoms with E-state index in [-0.39, 0.29) is 0 Å². The van der Waals surface area contributed by atoms with Crippen LogP contribution in [0.4, 0.5) is 0 Å². The second kappa shape index (κ2) is 8.10. The average molecular weight is 241 g/mol. The predicted molar refractivity (Wildman–Crippen MR) is 74.4 cm³/mol. The monoisotopic (exact) mass is 241 g/mol. The second-order valence-corrected chi connectivity index (χ2v) is 5.81. The van der Waals surface area contributed by atoms with Crippen molar-refractivity contribution < 1.29 is 4.74 Å². The summed E-state index contributed by atoms with van der Waals surface area (Å²) in [7, 11) is 2.25. The van der Waals surface area contributed by atoms with Gasteiger partial charge in [-0.3, -0.25) is 0 Å². The summed E-state index contributed by atoms with van der Waals surface area (Å²) in [6.07, 6.45) is 9.47. The Hall–Kier alpha value is -0.0800. The third-order valence-electron chi connectivity index (χ3n) is 4.11. The maximum Gasteiger partial charge on any atom is 0.0471 e. The molecule has 0 bridgehead atoms. The van der Waals surface area contributed by atoms with E-state index in [9.17, 15) is 0 Å². The molecule has 0 aliphatic carbocycles. The minimum Gasteiger partial charge on any atom is -0.381 e. The van der Waals surface area contributed by atoms with Gasteiger partial charge in [0.25, 0.3) is 0 Å². The van der Waals surface area contributed by atoms with Gasteiger partial charge in [0.1, 0.15) is 0 Å². The standard InChI is InChI=1S/C10H19NO.C5H12/c1-11-6-2-3-10(9-11)4-7-12-8-5-10;1-3-5-4-2/h2-9H2,1H3;3-5H2,1-2H3. The minimum absolute atomic E-state index is 0.630. The topological polar surface area (TPSA) is 12.5 Å². The summed E-state index contributed by atoms with van der Waals surface area (Å²) >= 11 is 0. The van der Waals surface area contributed by atoms with E-state index in [0.717, 1.165) is 13.2 Å². The van der Waals surface area contributed by atoms with Crippen LogP contribution in [-0.4, -0.2) is 38.3 Å². The van der Waals surface area contributed by atoms with Gasteiger partial charge in [0.2, 0.25) is 0 Å². The van der Waals surface area contributed by atoms with Crippen molar-refractivity contribution in [2.45, 2.75) is 58.8 Å². The summed E-state index contributed by atoms with van der Waals surface area (Å²) in [5.41, 5.74) is 0.630. The fourth-order valence-electron chi connectivity index (χ4n) is 3.02. The molecule has 1 spiro atoms. The first-order chi connectivity index (χ1) is 8.22. The Balaban J connectivity index is 0.000000249. The van der Waals surface area contributed by atoms with Crippen molar-refractivity contribution in [2.75, 3.05) is 33.4 Å². The molecule has 0 radical (unpaired) electrons. The number of likely N-dealkylation sites (tertiary alicyclic amines) is 1. The van der Waals surface area contributed by atoms with Gasteiger partial charge < -0.3 is 9.64 Å². The zero-order chi connectivity index (χ0) is 12.6. The maximum absolute atomic E-state index is 5.41. The van der Waals surface area contributed by atoms with Crippen molar-refractivity contribution >= 4 is 0 Å². The second-order valence-electron chi connectivity index (χ2n) is 5.81. The fourth-order valence-corrected chi connectivity index (χ4v) is 3.02. The van der Waals surface area contributed by atoms with Crippen LogP contribution in [0, 0.1) is 5.41 Å². The average Bonchev–Trinajstić information content (AvgIpc) is 2.31. The van der Waals surface area contributed by atoms with Crippen LogP contribution in [0.25, 0.3) is 0 Å². The quantitative estimate of drug-likeness (QED) is 0.731. The van der Waals surface area contributed by atoms with E-state index in [1.165, 1.54) is 58.0 Å². The van der Waals surface area contributed by atoms with Gasteiger partial charge in [-0.05, 0) is 44.7 Å². The van der Waals surface area contributed by atoms with Gasteiger partial charge in [0, 0.05) is 19.8 Å². The van der Waals surface area contributed by atoms with Crippen LogP contribution in [0.15, 0.2) is 0 Å². The van der Waals surface area contributed by atoms with Crippen LogP contribution in [0.5, 0.6) is 0 Å². The number of nitrogens with zero attached hydrogens (tertiary/aromatic N) is 1. The van der Waals surface area contributed by atoms with Crippen molar-refractivity contribution in [2.24, 2.45) is 5.41 Å². The molecule has 0 aromatic rings. The van der Waals surface area contributed by atoms with Gasteiger partial charge in [-0.15, -0.1) is 0 Å². The van der Waals surface area contributed by atoms with E-state index in [4.69, 9.17) is 4.74 Å². The molecule has 0 aromatic carbocycles. The maximum atomic E-state index is 5.41. The van der Waals surface area contributed by atoms with Crippen LogP contribution < -0.4 is 0 Å². The summed E-state index contributed by atoms with van der Waals surface area (Å²) in [4.78, 5) is 2.48. The highest BCUT2D eigenvalue weighted by Gasteiger charge is 2.35. The molecule has 17 heavy (non-hydrogen) atoms. The van der Waals surface area contributed by atoms with Crippen LogP contribution in [0.1, 0.15) is 58.8 Å². The number of piperidine rings is 1. The van der Waals surface area contributed by atoms with Crippen molar-refractivity contribution in [3.05, 3.63) is 0 Å². The van der Waals surface area contributed by atoms with Crippen molar-refractivity contribution in [1.29, 1.82) is 0 Å².